The maximum atomic E-state index is 5.86. The normalized spacial score (nSPS) is 20.4. The molecule has 15 heavy (non-hydrogen) atoms. The molecule has 1 atom stereocenters. The Morgan fingerprint density at radius 2 is 2.47 bits per heavy atom. The molecule has 0 radical (unpaired) electrons. The van der Waals surface area contributed by atoms with Crippen molar-refractivity contribution in [1.82, 2.24) is 5.32 Å². The molecule has 1 unspecified atom stereocenters. The lowest BCUT2D eigenvalue weighted by molar-refractivity contribution is 0.880. The van der Waals surface area contributed by atoms with Gasteiger partial charge < -0.3 is 5.32 Å². The highest BCUT2D eigenvalue weighted by Crippen LogP contribution is 2.22. The van der Waals surface area contributed by atoms with Gasteiger partial charge in [-0.05, 0) is 18.6 Å². The second-order valence-corrected chi connectivity index (χ2v) is 6.68. The Hall–Kier alpha value is -0.190. The van der Waals surface area contributed by atoms with E-state index in [1.807, 2.05) is 17.8 Å². The molecule has 1 aromatic heterocycles. The zero-order valence-corrected chi connectivity index (χ0v) is 10.9. The minimum absolute atomic E-state index is 0.628. The fraction of sp³-hybridized carbons (Fsp3) is 0.500. The Labute approximate surface area is 103 Å². The van der Waals surface area contributed by atoms with Crippen molar-refractivity contribution in [2.75, 3.05) is 13.1 Å². The molecule has 1 aliphatic heterocycles. The number of thioether (sulfide) groups is 1. The van der Waals surface area contributed by atoms with Crippen molar-refractivity contribution in [2.45, 2.75) is 18.6 Å². The van der Waals surface area contributed by atoms with Crippen LogP contribution in [-0.2, 0) is 6.42 Å². The van der Waals surface area contributed by atoms with Gasteiger partial charge in [-0.2, -0.15) is 0 Å². The van der Waals surface area contributed by atoms with E-state index in [9.17, 15) is 0 Å². The highest BCUT2D eigenvalue weighted by molar-refractivity contribution is 8.14. The van der Waals surface area contributed by atoms with Crippen molar-refractivity contribution in [3.05, 3.63) is 21.3 Å². The molecule has 0 aliphatic carbocycles. The molecule has 2 nitrogen and oxygen atoms in total. The molecule has 5 heteroatoms. The van der Waals surface area contributed by atoms with Gasteiger partial charge in [0, 0.05) is 16.7 Å². The largest absolute Gasteiger partial charge is 0.365 e. The van der Waals surface area contributed by atoms with Crippen LogP contribution in [0.15, 0.2) is 17.1 Å². The van der Waals surface area contributed by atoms with Crippen LogP contribution in [0.25, 0.3) is 0 Å². The van der Waals surface area contributed by atoms with Gasteiger partial charge in [0.15, 0.2) is 5.17 Å². The van der Waals surface area contributed by atoms with Crippen LogP contribution in [0.3, 0.4) is 0 Å². The molecule has 0 bridgehead atoms. The summed E-state index contributed by atoms with van der Waals surface area (Å²) < 4.78 is 0.867. The third kappa shape index (κ3) is 3.40. The topological polar surface area (TPSA) is 24.4 Å². The lowest BCUT2D eigenvalue weighted by Gasteiger charge is -2.04. The molecule has 0 saturated heterocycles. The summed E-state index contributed by atoms with van der Waals surface area (Å²) in [7, 11) is 0. The summed E-state index contributed by atoms with van der Waals surface area (Å²) >= 11 is 9.33. The molecular formula is C10H13ClN2S2. The van der Waals surface area contributed by atoms with E-state index in [1.54, 1.807) is 11.3 Å². The third-order valence-corrected chi connectivity index (χ3v) is 4.42. The Morgan fingerprint density at radius 3 is 3.07 bits per heavy atom. The van der Waals surface area contributed by atoms with E-state index in [1.165, 1.54) is 4.88 Å². The first kappa shape index (κ1) is 11.3. The van der Waals surface area contributed by atoms with Gasteiger partial charge in [-0.3, -0.25) is 4.99 Å². The SMILES string of the molecule is CC1CN=C(NCCc2ccc(Cl)s2)S1. The summed E-state index contributed by atoms with van der Waals surface area (Å²) in [4.78, 5) is 5.72. The first-order valence-electron chi connectivity index (χ1n) is 4.93. The highest BCUT2D eigenvalue weighted by Gasteiger charge is 2.13. The third-order valence-electron chi connectivity index (χ3n) is 2.08. The standard InChI is InChI=1S/C10H13ClN2S2/c1-7-6-13-10(14-7)12-5-4-8-2-3-9(11)15-8/h2-3,7H,4-6H2,1H3,(H,12,13). The van der Waals surface area contributed by atoms with E-state index < -0.39 is 0 Å². The summed E-state index contributed by atoms with van der Waals surface area (Å²) in [6.07, 6.45) is 1.02. The summed E-state index contributed by atoms with van der Waals surface area (Å²) in [6.45, 7) is 4.08. The van der Waals surface area contributed by atoms with E-state index in [4.69, 9.17) is 11.6 Å². The van der Waals surface area contributed by atoms with Crippen molar-refractivity contribution < 1.29 is 0 Å². The molecule has 0 saturated carbocycles. The van der Waals surface area contributed by atoms with Gasteiger partial charge in [-0.15, -0.1) is 11.3 Å². The van der Waals surface area contributed by atoms with Crippen LogP contribution in [0.5, 0.6) is 0 Å². The number of rotatable bonds is 3. The number of hydrogen-bond donors (Lipinski definition) is 1. The zero-order valence-electron chi connectivity index (χ0n) is 8.50. The van der Waals surface area contributed by atoms with Gasteiger partial charge in [0.2, 0.25) is 0 Å². The van der Waals surface area contributed by atoms with Crippen molar-refractivity contribution in [1.29, 1.82) is 0 Å². The second-order valence-electron chi connectivity index (χ2n) is 3.46. The monoisotopic (exact) mass is 260 g/mol. The van der Waals surface area contributed by atoms with Gasteiger partial charge in [0.25, 0.3) is 0 Å². The lowest BCUT2D eigenvalue weighted by atomic mass is 10.3. The molecule has 1 aliphatic rings. The van der Waals surface area contributed by atoms with Crippen molar-refractivity contribution in [3.63, 3.8) is 0 Å². The number of halogens is 1. The number of thiophene rings is 1. The molecule has 82 valence electrons. The number of amidine groups is 1. The summed E-state index contributed by atoms with van der Waals surface area (Å²) in [5.74, 6) is 0. The molecule has 2 heterocycles. The van der Waals surface area contributed by atoms with Gasteiger partial charge in [0.05, 0.1) is 10.9 Å². The number of nitrogens with one attached hydrogen (secondary N) is 1. The van der Waals surface area contributed by atoms with Crippen LogP contribution in [0.1, 0.15) is 11.8 Å². The van der Waals surface area contributed by atoms with E-state index in [0.29, 0.717) is 5.25 Å². The molecule has 0 fully saturated rings. The van der Waals surface area contributed by atoms with E-state index in [-0.39, 0.29) is 0 Å². The quantitative estimate of drug-likeness (QED) is 0.904. The van der Waals surface area contributed by atoms with Crippen molar-refractivity contribution in [3.8, 4) is 0 Å². The Bertz CT molecular complexity index is 362. The smallest absolute Gasteiger partial charge is 0.156 e. The van der Waals surface area contributed by atoms with Crippen LogP contribution in [0.2, 0.25) is 4.34 Å². The molecule has 1 N–H and O–H groups in total. The molecule has 2 rings (SSSR count). The fourth-order valence-corrected chi connectivity index (χ4v) is 3.30. The van der Waals surface area contributed by atoms with Gasteiger partial charge in [0.1, 0.15) is 0 Å². The summed E-state index contributed by atoms with van der Waals surface area (Å²) in [5.41, 5.74) is 0. The molecule has 0 amide bonds. The second kappa shape index (κ2) is 5.23. The minimum Gasteiger partial charge on any atom is -0.365 e. The average molecular weight is 261 g/mol. The molecule has 0 aromatic carbocycles. The van der Waals surface area contributed by atoms with Crippen molar-refractivity contribution in [2.24, 2.45) is 4.99 Å². The minimum atomic E-state index is 0.628. The first-order valence-corrected chi connectivity index (χ1v) is 7.00. The van der Waals surface area contributed by atoms with E-state index in [0.717, 1.165) is 29.0 Å². The maximum Gasteiger partial charge on any atom is 0.156 e. The number of aliphatic imine (C=N–C) groups is 1. The molecular weight excluding hydrogens is 248 g/mol. The predicted molar refractivity (Wildman–Crippen MR) is 70.4 cm³/mol. The van der Waals surface area contributed by atoms with Crippen molar-refractivity contribution >= 4 is 39.9 Å². The average Bonchev–Trinajstić information content (AvgIpc) is 2.76. The van der Waals surface area contributed by atoms with Crippen LogP contribution in [0.4, 0.5) is 0 Å². The molecule has 0 spiro atoms. The summed E-state index contributed by atoms with van der Waals surface area (Å²) in [5, 5.41) is 5.06. The molecule has 1 aromatic rings. The Morgan fingerprint density at radius 1 is 1.60 bits per heavy atom. The fourth-order valence-electron chi connectivity index (χ4n) is 1.35. The highest BCUT2D eigenvalue weighted by atomic mass is 35.5. The van der Waals surface area contributed by atoms with E-state index in [2.05, 4.69) is 23.3 Å². The van der Waals surface area contributed by atoms with Gasteiger partial charge in [-0.1, -0.05) is 30.3 Å². The van der Waals surface area contributed by atoms with Crippen LogP contribution in [0, 0.1) is 0 Å². The summed E-state index contributed by atoms with van der Waals surface area (Å²) in [6, 6.07) is 4.03. The first-order chi connectivity index (χ1) is 7.24. The lowest BCUT2D eigenvalue weighted by Crippen LogP contribution is -2.21. The van der Waals surface area contributed by atoms with Crippen LogP contribution >= 0.6 is 34.7 Å². The van der Waals surface area contributed by atoms with Crippen LogP contribution < -0.4 is 5.32 Å². The maximum absolute atomic E-state index is 5.86. The zero-order chi connectivity index (χ0) is 10.7. The van der Waals surface area contributed by atoms with Crippen LogP contribution in [-0.4, -0.2) is 23.5 Å². The Balaban J connectivity index is 1.71. The van der Waals surface area contributed by atoms with E-state index >= 15 is 0 Å². The Kier molecular flexibility index (Phi) is 3.94. The van der Waals surface area contributed by atoms with Gasteiger partial charge >= 0.3 is 0 Å². The number of hydrogen-bond acceptors (Lipinski definition) is 4. The predicted octanol–water partition coefficient (Wildman–Crippen LogP) is 3.02. The number of nitrogens with zero attached hydrogens (tertiary/aromatic N) is 1. The van der Waals surface area contributed by atoms with Gasteiger partial charge in [-0.25, -0.2) is 0 Å².